The molecule has 1 fully saturated rings. The molecule has 10 heteroatoms. The SMILES string of the molecule is CC(NC(=O)C1CCN(c2oc(-c3ccco3)nc2C#N)CC1)c1cccc(C(F)(F)F)c1. The van der Waals surface area contributed by atoms with E-state index < -0.39 is 17.8 Å². The first-order valence-electron chi connectivity index (χ1n) is 10.4. The summed E-state index contributed by atoms with van der Waals surface area (Å²) < 4.78 is 49.9. The van der Waals surface area contributed by atoms with Gasteiger partial charge in [-0.1, -0.05) is 12.1 Å². The van der Waals surface area contributed by atoms with E-state index in [1.807, 2.05) is 11.0 Å². The maximum atomic E-state index is 13.0. The summed E-state index contributed by atoms with van der Waals surface area (Å²) in [5.74, 6) is 0.443. The van der Waals surface area contributed by atoms with Gasteiger partial charge in [-0.2, -0.15) is 23.4 Å². The molecular weight excluding hydrogens is 437 g/mol. The number of nitriles is 1. The van der Waals surface area contributed by atoms with Crippen LogP contribution in [0.5, 0.6) is 0 Å². The third-order valence-corrected chi connectivity index (χ3v) is 5.67. The minimum atomic E-state index is -4.44. The Hall–Kier alpha value is -3.74. The highest BCUT2D eigenvalue weighted by molar-refractivity contribution is 5.79. The van der Waals surface area contributed by atoms with Gasteiger partial charge in [-0.3, -0.25) is 4.79 Å². The molecule has 0 aliphatic carbocycles. The van der Waals surface area contributed by atoms with Crippen molar-refractivity contribution < 1.29 is 26.8 Å². The highest BCUT2D eigenvalue weighted by Crippen LogP contribution is 2.32. The molecule has 1 saturated heterocycles. The molecule has 1 amide bonds. The number of amides is 1. The summed E-state index contributed by atoms with van der Waals surface area (Å²) in [5, 5.41) is 12.2. The lowest BCUT2D eigenvalue weighted by Crippen LogP contribution is -2.41. The number of oxazole rings is 1. The zero-order valence-electron chi connectivity index (χ0n) is 17.7. The molecule has 3 aromatic rings. The first-order valence-corrected chi connectivity index (χ1v) is 10.4. The Morgan fingerprint density at radius 1 is 1.27 bits per heavy atom. The molecule has 0 saturated carbocycles. The molecular formula is C23H21F3N4O3. The van der Waals surface area contributed by atoms with Crippen LogP contribution < -0.4 is 10.2 Å². The average Bonchev–Trinajstić information content (AvgIpc) is 3.48. The summed E-state index contributed by atoms with van der Waals surface area (Å²) in [6, 6.07) is 9.78. The molecule has 1 aliphatic heterocycles. The zero-order chi connectivity index (χ0) is 23.6. The van der Waals surface area contributed by atoms with E-state index in [1.165, 1.54) is 12.3 Å². The molecule has 7 nitrogen and oxygen atoms in total. The fourth-order valence-electron chi connectivity index (χ4n) is 3.85. The van der Waals surface area contributed by atoms with E-state index in [0.717, 1.165) is 12.1 Å². The van der Waals surface area contributed by atoms with Crippen molar-refractivity contribution in [3.8, 4) is 17.7 Å². The van der Waals surface area contributed by atoms with E-state index in [1.54, 1.807) is 25.1 Å². The molecule has 1 atom stereocenters. The Balaban J connectivity index is 1.37. The van der Waals surface area contributed by atoms with Crippen LogP contribution in [-0.2, 0) is 11.0 Å². The summed E-state index contributed by atoms with van der Waals surface area (Å²) in [6.07, 6.45) is -1.95. The lowest BCUT2D eigenvalue weighted by atomic mass is 9.95. The molecule has 1 aliphatic rings. The standard InChI is InChI=1S/C23H21F3N4O3/c1-14(16-4-2-5-17(12-16)23(24,25)26)28-20(31)15-7-9-30(10-8-15)22-18(13-27)29-21(33-22)19-6-3-11-32-19/h2-6,11-12,14-15H,7-10H2,1H3,(H,28,31). The lowest BCUT2D eigenvalue weighted by Gasteiger charge is -2.31. The number of carbonyl (C=O) groups excluding carboxylic acids is 1. The first kappa shape index (κ1) is 22.5. The number of hydrogen-bond donors (Lipinski definition) is 1. The van der Waals surface area contributed by atoms with Gasteiger partial charge in [0.15, 0.2) is 5.76 Å². The number of benzene rings is 1. The quantitative estimate of drug-likeness (QED) is 0.583. The number of alkyl halides is 3. The second-order valence-corrected chi connectivity index (χ2v) is 7.88. The van der Waals surface area contributed by atoms with E-state index in [-0.39, 0.29) is 23.4 Å². The smallest absolute Gasteiger partial charge is 0.416 e. The van der Waals surface area contributed by atoms with Gasteiger partial charge in [0, 0.05) is 19.0 Å². The largest absolute Gasteiger partial charge is 0.459 e. The van der Waals surface area contributed by atoms with Gasteiger partial charge < -0.3 is 19.1 Å². The second-order valence-electron chi connectivity index (χ2n) is 7.88. The summed E-state index contributed by atoms with van der Waals surface area (Å²) in [5.41, 5.74) is -0.215. The predicted octanol–water partition coefficient (Wildman–Crippen LogP) is 4.92. The van der Waals surface area contributed by atoms with Crippen LogP contribution in [0.15, 0.2) is 51.5 Å². The van der Waals surface area contributed by atoms with Gasteiger partial charge in [-0.25, -0.2) is 0 Å². The van der Waals surface area contributed by atoms with Gasteiger partial charge in [0.1, 0.15) is 6.07 Å². The zero-order valence-corrected chi connectivity index (χ0v) is 17.7. The number of aromatic nitrogens is 1. The molecule has 0 bridgehead atoms. The number of halogens is 3. The molecule has 33 heavy (non-hydrogen) atoms. The van der Waals surface area contributed by atoms with Crippen LogP contribution in [0, 0.1) is 17.2 Å². The monoisotopic (exact) mass is 458 g/mol. The molecule has 3 heterocycles. The van der Waals surface area contributed by atoms with Crippen molar-refractivity contribution >= 4 is 11.8 Å². The van der Waals surface area contributed by atoms with Crippen molar-refractivity contribution in [2.24, 2.45) is 5.92 Å². The summed E-state index contributed by atoms with van der Waals surface area (Å²) in [7, 11) is 0. The van der Waals surface area contributed by atoms with Gasteiger partial charge in [0.2, 0.25) is 17.5 Å². The number of furan rings is 1. The van der Waals surface area contributed by atoms with Crippen LogP contribution in [-0.4, -0.2) is 24.0 Å². The van der Waals surface area contributed by atoms with Crippen molar-refractivity contribution in [3.63, 3.8) is 0 Å². The first-order chi connectivity index (χ1) is 15.8. The van der Waals surface area contributed by atoms with E-state index in [4.69, 9.17) is 8.83 Å². The van der Waals surface area contributed by atoms with Crippen molar-refractivity contribution in [2.75, 3.05) is 18.0 Å². The van der Waals surface area contributed by atoms with Crippen molar-refractivity contribution in [1.82, 2.24) is 10.3 Å². The summed E-state index contributed by atoms with van der Waals surface area (Å²) in [6.45, 7) is 2.60. The van der Waals surface area contributed by atoms with Gasteiger partial charge in [0.25, 0.3) is 5.89 Å². The van der Waals surface area contributed by atoms with E-state index in [0.29, 0.717) is 43.1 Å². The Morgan fingerprint density at radius 2 is 2.03 bits per heavy atom. The van der Waals surface area contributed by atoms with Gasteiger partial charge >= 0.3 is 6.18 Å². The Morgan fingerprint density at radius 3 is 2.67 bits per heavy atom. The molecule has 0 spiro atoms. The van der Waals surface area contributed by atoms with Gasteiger partial charge in [-0.05, 0) is 49.6 Å². The number of nitrogens with one attached hydrogen (secondary N) is 1. The molecule has 172 valence electrons. The average molecular weight is 458 g/mol. The maximum absolute atomic E-state index is 13.0. The normalized spacial score (nSPS) is 15.8. The van der Waals surface area contributed by atoms with Gasteiger partial charge in [-0.15, -0.1) is 0 Å². The molecule has 4 rings (SSSR count). The number of piperidine rings is 1. The number of hydrogen-bond acceptors (Lipinski definition) is 6. The van der Waals surface area contributed by atoms with E-state index in [9.17, 15) is 23.2 Å². The van der Waals surface area contributed by atoms with Crippen molar-refractivity contribution in [3.05, 3.63) is 59.5 Å². The molecule has 1 aromatic carbocycles. The second kappa shape index (κ2) is 9.02. The van der Waals surface area contributed by atoms with Crippen LogP contribution in [0.1, 0.15) is 42.6 Å². The van der Waals surface area contributed by atoms with Crippen LogP contribution in [0.3, 0.4) is 0 Å². The van der Waals surface area contributed by atoms with Crippen LogP contribution in [0.25, 0.3) is 11.7 Å². The number of nitrogens with zero attached hydrogens (tertiary/aromatic N) is 3. The fourth-order valence-corrected chi connectivity index (χ4v) is 3.85. The molecule has 2 aromatic heterocycles. The number of carbonyl (C=O) groups is 1. The molecule has 1 N–H and O–H groups in total. The Labute approximate surface area is 187 Å². The molecule has 0 radical (unpaired) electrons. The Kier molecular flexibility index (Phi) is 6.14. The van der Waals surface area contributed by atoms with Crippen LogP contribution in [0.2, 0.25) is 0 Å². The number of anilines is 1. The highest BCUT2D eigenvalue weighted by Gasteiger charge is 2.32. The molecule has 1 unspecified atom stereocenters. The third kappa shape index (κ3) is 4.87. The minimum Gasteiger partial charge on any atom is -0.459 e. The third-order valence-electron chi connectivity index (χ3n) is 5.67. The summed E-state index contributed by atoms with van der Waals surface area (Å²) in [4.78, 5) is 18.8. The van der Waals surface area contributed by atoms with E-state index >= 15 is 0 Å². The van der Waals surface area contributed by atoms with Gasteiger partial charge in [0.05, 0.1) is 17.9 Å². The van der Waals surface area contributed by atoms with E-state index in [2.05, 4.69) is 10.3 Å². The maximum Gasteiger partial charge on any atom is 0.416 e. The minimum absolute atomic E-state index is 0.141. The van der Waals surface area contributed by atoms with Crippen molar-refractivity contribution in [2.45, 2.75) is 32.0 Å². The fraction of sp³-hybridized carbons (Fsp3) is 0.348. The van der Waals surface area contributed by atoms with Crippen molar-refractivity contribution in [1.29, 1.82) is 5.26 Å². The topological polar surface area (TPSA) is 95.3 Å². The van der Waals surface area contributed by atoms with Crippen LogP contribution in [0.4, 0.5) is 19.1 Å². The lowest BCUT2D eigenvalue weighted by molar-refractivity contribution is -0.137. The Bertz CT molecular complexity index is 1160. The van der Waals surface area contributed by atoms with Crippen LogP contribution >= 0.6 is 0 Å². The summed E-state index contributed by atoms with van der Waals surface area (Å²) >= 11 is 0. The number of rotatable bonds is 5. The highest BCUT2D eigenvalue weighted by atomic mass is 19.4. The predicted molar refractivity (Wildman–Crippen MR) is 112 cm³/mol.